The molecule has 1 aromatic rings. The van der Waals surface area contributed by atoms with Gasteiger partial charge in [-0.2, -0.15) is 0 Å². The van der Waals surface area contributed by atoms with Crippen molar-refractivity contribution >= 4 is 15.9 Å². The predicted molar refractivity (Wildman–Crippen MR) is 77.6 cm³/mol. The van der Waals surface area contributed by atoms with Crippen LogP contribution < -0.4 is 4.74 Å². The summed E-state index contributed by atoms with van der Waals surface area (Å²) in [5.74, 6) is 0.639. The molecule has 0 radical (unpaired) electrons. The van der Waals surface area contributed by atoms with Gasteiger partial charge in [-0.15, -0.1) is 0 Å². The van der Waals surface area contributed by atoms with Crippen molar-refractivity contribution < 1.29 is 14.6 Å². The minimum atomic E-state index is 0.145. The van der Waals surface area contributed by atoms with Crippen LogP contribution in [-0.4, -0.2) is 42.9 Å². The molecule has 1 fully saturated rings. The third-order valence-electron chi connectivity index (χ3n) is 3.64. The molecular formula is C14H20BrNO3. The molecule has 1 aliphatic heterocycles. The number of hydrogen-bond donors (Lipinski definition) is 1. The highest BCUT2D eigenvalue weighted by atomic mass is 79.9. The van der Waals surface area contributed by atoms with Crippen molar-refractivity contribution in [3.8, 4) is 11.5 Å². The van der Waals surface area contributed by atoms with Gasteiger partial charge in [-0.05, 0) is 54.0 Å². The first-order valence-corrected chi connectivity index (χ1v) is 7.19. The lowest BCUT2D eigenvalue weighted by atomic mass is 10.1. The van der Waals surface area contributed by atoms with Crippen LogP contribution in [0.2, 0.25) is 0 Å². The Kier molecular flexibility index (Phi) is 4.71. The highest BCUT2D eigenvalue weighted by molar-refractivity contribution is 9.10. The maximum absolute atomic E-state index is 9.80. The van der Waals surface area contributed by atoms with Gasteiger partial charge in [0.2, 0.25) is 0 Å². The summed E-state index contributed by atoms with van der Waals surface area (Å²) in [6, 6.07) is 4.24. The van der Waals surface area contributed by atoms with Gasteiger partial charge < -0.3 is 14.6 Å². The van der Waals surface area contributed by atoms with Crippen molar-refractivity contribution in [3.05, 3.63) is 22.2 Å². The second-order valence-corrected chi connectivity index (χ2v) is 5.83. The van der Waals surface area contributed by atoms with Crippen molar-refractivity contribution in [1.82, 2.24) is 4.90 Å². The highest BCUT2D eigenvalue weighted by Crippen LogP contribution is 2.35. The SMILES string of the molecule is COc1cc(CN(C)C2CCOC2C)cc(Br)c1O. The summed E-state index contributed by atoms with van der Waals surface area (Å²) in [7, 11) is 3.66. The van der Waals surface area contributed by atoms with E-state index in [1.54, 1.807) is 7.11 Å². The Morgan fingerprint density at radius 2 is 2.26 bits per heavy atom. The van der Waals surface area contributed by atoms with E-state index in [-0.39, 0.29) is 11.9 Å². The van der Waals surface area contributed by atoms with E-state index in [4.69, 9.17) is 9.47 Å². The van der Waals surface area contributed by atoms with Gasteiger partial charge in [0.25, 0.3) is 0 Å². The fourth-order valence-corrected chi connectivity index (χ4v) is 3.07. The number of nitrogens with zero attached hydrogens (tertiary/aromatic N) is 1. The summed E-state index contributed by atoms with van der Waals surface area (Å²) in [5.41, 5.74) is 1.10. The number of hydrogen-bond acceptors (Lipinski definition) is 4. The maximum Gasteiger partial charge on any atom is 0.172 e. The lowest BCUT2D eigenvalue weighted by molar-refractivity contribution is 0.0814. The fourth-order valence-electron chi connectivity index (χ4n) is 2.58. The van der Waals surface area contributed by atoms with E-state index < -0.39 is 0 Å². The number of ether oxygens (including phenoxy) is 2. The molecule has 1 N–H and O–H groups in total. The average molecular weight is 330 g/mol. The van der Waals surface area contributed by atoms with Gasteiger partial charge in [-0.25, -0.2) is 0 Å². The molecule has 2 rings (SSSR count). The zero-order valence-electron chi connectivity index (χ0n) is 11.5. The molecule has 0 spiro atoms. The van der Waals surface area contributed by atoms with E-state index in [0.29, 0.717) is 16.3 Å². The lowest BCUT2D eigenvalue weighted by Gasteiger charge is -2.26. The summed E-state index contributed by atoms with van der Waals surface area (Å²) in [6.45, 7) is 3.74. The van der Waals surface area contributed by atoms with Crippen LogP contribution in [0.5, 0.6) is 11.5 Å². The first-order chi connectivity index (χ1) is 9.02. The third kappa shape index (κ3) is 3.22. The summed E-state index contributed by atoms with van der Waals surface area (Å²) < 4.78 is 11.4. The zero-order valence-corrected chi connectivity index (χ0v) is 13.1. The molecule has 0 amide bonds. The van der Waals surface area contributed by atoms with Crippen LogP contribution >= 0.6 is 15.9 Å². The largest absolute Gasteiger partial charge is 0.503 e. The molecule has 0 aliphatic carbocycles. The van der Waals surface area contributed by atoms with E-state index in [0.717, 1.165) is 25.1 Å². The number of likely N-dealkylation sites (N-methyl/N-ethyl adjacent to an activating group) is 1. The Hall–Kier alpha value is -0.780. The van der Waals surface area contributed by atoms with Crippen LogP contribution in [-0.2, 0) is 11.3 Å². The Morgan fingerprint density at radius 3 is 2.84 bits per heavy atom. The van der Waals surface area contributed by atoms with Gasteiger partial charge >= 0.3 is 0 Å². The first-order valence-electron chi connectivity index (χ1n) is 6.40. The molecule has 1 saturated heterocycles. The zero-order chi connectivity index (χ0) is 14.0. The lowest BCUT2D eigenvalue weighted by Crippen LogP contribution is -2.36. The molecular weight excluding hydrogens is 310 g/mol. The molecule has 1 aromatic carbocycles. The van der Waals surface area contributed by atoms with Crippen LogP contribution in [0.15, 0.2) is 16.6 Å². The highest BCUT2D eigenvalue weighted by Gasteiger charge is 2.27. The second-order valence-electron chi connectivity index (χ2n) is 4.98. The number of rotatable bonds is 4. The molecule has 0 bridgehead atoms. The molecule has 106 valence electrons. The van der Waals surface area contributed by atoms with E-state index in [1.807, 2.05) is 12.1 Å². The molecule has 5 heteroatoms. The molecule has 4 nitrogen and oxygen atoms in total. The van der Waals surface area contributed by atoms with Gasteiger partial charge in [0, 0.05) is 19.2 Å². The summed E-state index contributed by atoms with van der Waals surface area (Å²) in [4.78, 5) is 2.29. The minimum Gasteiger partial charge on any atom is -0.503 e. The molecule has 1 heterocycles. The number of phenolic OH excluding ortho intramolecular Hbond substituents is 1. The first kappa shape index (κ1) is 14.6. The van der Waals surface area contributed by atoms with Crippen molar-refractivity contribution in [2.24, 2.45) is 0 Å². The van der Waals surface area contributed by atoms with Crippen LogP contribution in [0.3, 0.4) is 0 Å². The number of methoxy groups -OCH3 is 1. The van der Waals surface area contributed by atoms with Gasteiger partial charge in [0.15, 0.2) is 11.5 Å². The maximum atomic E-state index is 9.80. The van der Waals surface area contributed by atoms with Crippen LogP contribution in [0.25, 0.3) is 0 Å². The van der Waals surface area contributed by atoms with Crippen LogP contribution in [0.1, 0.15) is 18.9 Å². The molecule has 2 atom stereocenters. The van der Waals surface area contributed by atoms with E-state index >= 15 is 0 Å². The van der Waals surface area contributed by atoms with Gasteiger partial charge in [-0.1, -0.05) is 0 Å². The molecule has 19 heavy (non-hydrogen) atoms. The summed E-state index contributed by atoms with van der Waals surface area (Å²) >= 11 is 3.35. The average Bonchev–Trinajstić information content (AvgIpc) is 2.79. The third-order valence-corrected chi connectivity index (χ3v) is 4.25. The van der Waals surface area contributed by atoms with Crippen LogP contribution in [0, 0.1) is 0 Å². The van der Waals surface area contributed by atoms with Crippen molar-refractivity contribution in [3.63, 3.8) is 0 Å². The van der Waals surface area contributed by atoms with E-state index in [9.17, 15) is 5.11 Å². The quantitative estimate of drug-likeness (QED) is 0.922. The Balaban J connectivity index is 2.12. The second kappa shape index (κ2) is 6.11. The Morgan fingerprint density at radius 1 is 1.53 bits per heavy atom. The molecule has 2 unspecified atom stereocenters. The van der Waals surface area contributed by atoms with Crippen molar-refractivity contribution in [2.75, 3.05) is 20.8 Å². The Labute approximate surface area is 122 Å². The summed E-state index contributed by atoms with van der Waals surface area (Å²) in [6.07, 6.45) is 1.33. The normalized spacial score (nSPS) is 23.0. The predicted octanol–water partition coefficient (Wildman–Crippen LogP) is 2.77. The van der Waals surface area contributed by atoms with E-state index in [2.05, 4.69) is 34.8 Å². The minimum absolute atomic E-state index is 0.145. The smallest absolute Gasteiger partial charge is 0.172 e. The number of aromatic hydroxyl groups is 1. The number of halogens is 1. The van der Waals surface area contributed by atoms with E-state index in [1.165, 1.54) is 0 Å². The molecule has 0 aromatic heterocycles. The molecule has 0 saturated carbocycles. The fraction of sp³-hybridized carbons (Fsp3) is 0.571. The monoisotopic (exact) mass is 329 g/mol. The van der Waals surface area contributed by atoms with Crippen molar-refractivity contribution in [2.45, 2.75) is 32.0 Å². The van der Waals surface area contributed by atoms with Crippen molar-refractivity contribution in [1.29, 1.82) is 0 Å². The van der Waals surface area contributed by atoms with Gasteiger partial charge in [0.1, 0.15) is 0 Å². The van der Waals surface area contributed by atoms with Gasteiger partial charge in [-0.3, -0.25) is 4.90 Å². The summed E-state index contributed by atoms with van der Waals surface area (Å²) in [5, 5.41) is 9.80. The number of phenols is 1. The molecule has 1 aliphatic rings. The standard InChI is InChI=1S/C14H20BrNO3/c1-9-12(4-5-19-9)16(2)8-10-6-11(15)14(17)13(7-10)18-3/h6-7,9,12,17H,4-5,8H2,1-3H3. The van der Waals surface area contributed by atoms with Gasteiger partial charge in [0.05, 0.1) is 17.7 Å². The Bertz CT molecular complexity index is 453. The van der Waals surface area contributed by atoms with Crippen LogP contribution in [0.4, 0.5) is 0 Å². The topological polar surface area (TPSA) is 41.9 Å². The number of benzene rings is 1.